The summed E-state index contributed by atoms with van der Waals surface area (Å²) in [5, 5.41) is 0. The van der Waals surface area contributed by atoms with Gasteiger partial charge < -0.3 is 5.73 Å². The lowest BCUT2D eigenvalue weighted by Gasteiger charge is -2.37. The van der Waals surface area contributed by atoms with Gasteiger partial charge in [0.2, 0.25) is 0 Å². The van der Waals surface area contributed by atoms with Crippen LogP contribution < -0.4 is 5.73 Å². The van der Waals surface area contributed by atoms with Crippen LogP contribution in [0.1, 0.15) is 26.2 Å². The third kappa shape index (κ3) is 4.52. The predicted molar refractivity (Wildman–Crippen MR) is 89.1 cm³/mol. The number of piperidine rings is 1. The molecule has 0 radical (unpaired) electrons. The van der Waals surface area contributed by atoms with Crippen LogP contribution in [-0.2, 0) is 9.84 Å². The van der Waals surface area contributed by atoms with Crippen molar-refractivity contribution < 1.29 is 8.42 Å². The molecule has 2 unspecified atom stereocenters. The largest absolute Gasteiger partial charge is 0.327 e. The number of hydrogen-bond donors (Lipinski definition) is 1. The number of likely N-dealkylation sites (tertiary alicyclic amines) is 1. The molecule has 1 aliphatic rings. The molecule has 2 rings (SSSR count). The normalized spacial score (nSPS) is 22.1. The van der Waals surface area contributed by atoms with Crippen molar-refractivity contribution in [3.8, 4) is 0 Å². The van der Waals surface area contributed by atoms with E-state index in [0.717, 1.165) is 23.9 Å². The van der Waals surface area contributed by atoms with Gasteiger partial charge in [0.1, 0.15) is 0 Å². The van der Waals surface area contributed by atoms with E-state index < -0.39 is 9.84 Å². The molecule has 4 nitrogen and oxygen atoms in total. The SMILES string of the molecule is CC(N)C1CCCCN1CCS(=O)(=O)c1ccc(Br)cc1. The summed E-state index contributed by atoms with van der Waals surface area (Å²) in [4.78, 5) is 2.63. The fraction of sp³-hybridized carbons (Fsp3) is 0.600. The Hall–Kier alpha value is -0.430. The lowest BCUT2D eigenvalue weighted by atomic mass is 9.97. The molecule has 0 bridgehead atoms. The molecule has 2 N–H and O–H groups in total. The van der Waals surface area contributed by atoms with Gasteiger partial charge in [0, 0.05) is 23.1 Å². The number of benzene rings is 1. The second-order valence-electron chi connectivity index (χ2n) is 5.73. The molecule has 118 valence electrons. The quantitative estimate of drug-likeness (QED) is 0.859. The van der Waals surface area contributed by atoms with E-state index in [1.54, 1.807) is 24.3 Å². The van der Waals surface area contributed by atoms with Crippen LogP contribution in [0.25, 0.3) is 0 Å². The highest BCUT2D eigenvalue weighted by Crippen LogP contribution is 2.20. The van der Waals surface area contributed by atoms with Crippen LogP contribution >= 0.6 is 15.9 Å². The van der Waals surface area contributed by atoms with Gasteiger partial charge in [-0.3, -0.25) is 4.90 Å². The van der Waals surface area contributed by atoms with Gasteiger partial charge in [0.05, 0.1) is 10.6 Å². The molecule has 0 saturated carbocycles. The zero-order valence-corrected chi connectivity index (χ0v) is 14.7. The number of sulfone groups is 1. The highest BCUT2D eigenvalue weighted by Gasteiger charge is 2.26. The average Bonchev–Trinajstić information content (AvgIpc) is 2.46. The van der Waals surface area contributed by atoms with E-state index in [0.29, 0.717) is 17.5 Å². The summed E-state index contributed by atoms with van der Waals surface area (Å²) < 4.78 is 25.7. The minimum absolute atomic E-state index is 0.0840. The molecule has 2 atom stereocenters. The fourth-order valence-corrected chi connectivity index (χ4v) is 4.41. The maximum absolute atomic E-state index is 12.4. The van der Waals surface area contributed by atoms with Crippen molar-refractivity contribution in [2.75, 3.05) is 18.8 Å². The van der Waals surface area contributed by atoms with Gasteiger partial charge in [0.15, 0.2) is 9.84 Å². The van der Waals surface area contributed by atoms with Crippen LogP contribution in [0.4, 0.5) is 0 Å². The Balaban J connectivity index is 2.02. The van der Waals surface area contributed by atoms with Crippen molar-refractivity contribution in [1.29, 1.82) is 0 Å². The number of nitrogens with two attached hydrogens (primary N) is 1. The van der Waals surface area contributed by atoms with Gasteiger partial charge in [-0.15, -0.1) is 0 Å². The number of rotatable bonds is 5. The number of hydrogen-bond acceptors (Lipinski definition) is 4. The maximum Gasteiger partial charge on any atom is 0.179 e. The molecular formula is C15H23BrN2O2S. The van der Waals surface area contributed by atoms with Crippen LogP contribution in [0.3, 0.4) is 0 Å². The predicted octanol–water partition coefficient (Wildman–Crippen LogP) is 2.42. The molecular weight excluding hydrogens is 352 g/mol. The smallest absolute Gasteiger partial charge is 0.179 e. The topological polar surface area (TPSA) is 63.4 Å². The number of nitrogens with zero attached hydrogens (tertiary/aromatic N) is 1. The fourth-order valence-electron chi connectivity index (χ4n) is 2.89. The second-order valence-corrected chi connectivity index (χ2v) is 8.76. The van der Waals surface area contributed by atoms with Crippen molar-refractivity contribution in [2.45, 2.75) is 43.2 Å². The van der Waals surface area contributed by atoms with E-state index >= 15 is 0 Å². The van der Waals surface area contributed by atoms with E-state index in [4.69, 9.17) is 5.73 Å². The molecule has 6 heteroatoms. The van der Waals surface area contributed by atoms with Crippen molar-refractivity contribution in [3.05, 3.63) is 28.7 Å². The highest BCUT2D eigenvalue weighted by molar-refractivity contribution is 9.10. The first kappa shape index (κ1) is 16.9. The van der Waals surface area contributed by atoms with Crippen LogP contribution in [-0.4, -0.2) is 44.2 Å². The summed E-state index contributed by atoms with van der Waals surface area (Å²) in [6.07, 6.45) is 3.37. The summed E-state index contributed by atoms with van der Waals surface area (Å²) in [5.74, 6) is 0.151. The lowest BCUT2D eigenvalue weighted by molar-refractivity contribution is 0.139. The Kier molecular flexibility index (Phi) is 5.82. The molecule has 0 aliphatic carbocycles. The maximum atomic E-state index is 12.4. The molecule has 1 saturated heterocycles. The van der Waals surface area contributed by atoms with Crippen LogP contribution in [0.15, 0.2) is 33.6 Å². The third-order valence-corrected chi connectivity index (χ3v) is 6.33. The van der Waals surface area contributed by atoms with Gasteiger partial charge in [-0.05, 0) is 50.6 Å². The Labute approximate surface area is 135 Å². The van der Waals surface area contributed by atoms with Crippen molar-refractivity contribution in [2.24, 2.45) is 5.73 Å². The molecule has 0 aromatic heterocycles. The van der Waals surface area contributed by atoms with Gasteiger partial charge >= 0.3 is 0 Å². The first-order chi connectivity index (χ1) is 9.90. The molecule has 0 amide bonds. The van der Waals surface area contributed by atoms with Gasteiger partial charge in [-0.25, -0.2) is 8.42 Å². The molecule has 21 heavy (non-hydrogen) atoms. The van der Waals surface area contributed by atoms with Crippen LogP contribution in [0.5, 0.6) is 0 Å². The summed E-state index contributed by atoms with van der Waals surface area (Å²) in [7, 11) is -3.23. The van der Waals surface area contributed by atoms with E-state index in [1.165, 1.54) is 6.42 Å². The lowest BCUT2D eigenvalue weighted by Crippen LogP contribution is -2.50. The van der Waals surface area contributed by atoms with E-state index in [1.807, 2.05) is 6.92 Å². The molecule has 1 aromatic rings. The highest BCUT2D eigenvalue weighted by atomic mass is 79.9. The Morgan fingerprint density at radius 2 is 2.00 bits per heavy atom. The Morgan fingerprint density at radius 3 is 2.62 bits per heavy atom. The Morgan fingerprint density at radius 1 is 1.33 bits per heavy atom. The van der Waals surface area contributed by atoms with Crippen LogP contribution in [0, 0.1) is 0 Å². The summed E-state index contributed by atoms with van der Waals surface area (Å²) in [6.45, 7) is 3.51. The summed E-state index contributed by atoms with van der Waals surface area (Å²) >= 11 is 3.32. The minimum atomic E-state index is -3.23. The van der Waals surface area contributed by atoms with E-state index in [9.17, 15) is 8.42 Å². The minimum Gasteiger partial charge on any atom is -0.327 e. The Bertz CT molecular complexity index is 558. The zero-order chi connectivity index (χ0) is 15.5. The molecule has 0 spiro atoms. The third-order valence-electron chi connectivity index (χ3n) is 4.09. The van der Waals surface area contributed by atoms with E-state index in [2.05, 4.69) is 20.8 Å². The molecule has 1 aliphatic heterocycles. The number of halogens is 1. The van der Waals surface area contributed by atoms with Gasteiger partial charge in [-0.2, -0.15) is 0 Å². The van der Waals surface area contributed by atoms with Crippen LogP contribution in [0.2, 0.25) is 0 Å². The molecule has 1 heterocycles. The standard InChI is InChI=1S/C15H23BrN2O2S/c1-12(17)15-4-2-3-9-18(15)10-11-21(19,20)14-7-5-13(16)6-8-14/h5-8,12,15H,2-4,9-11,17H2,1H3. The van der Waals surface area contributed by atoms with Gasteiger partial charge in [0.25, 0.3) is 0 Å². The van der Waals surface area contributed by atoms with Crippen molar-refractivity contribution in [3.63, 3.8) is 0 Å². The monoisotopic (exact) mass is 374 g/mol. The van der Waals surface area contributed by atoms with E-state index in [-0.39, 0.29) is 11.8 Å². The molecule has 1 fully saturated rings. The summed E-state index contributed by atoms with van der Waals surface area (Å²) in [5.41, 5.74) is 6.03. The average molecular weight is 375 g/mol. The second kappa shape index (κ2) is 7.22. The first-order valence-corrected chi connectivity index (χ1v) is 9.82. The zero-order valence-electron chi connectivity index (χ0n) is 12.3. The first-order valence-electron chi connectivity index (χ1n) is 7.38. The van der Waals surface area contributed by atoms with Crippen molar-refractivity contribution in [1.82, 2.24) is 4.90 Å². The molecule has 1 aromatic carbocycles. The van der Waals surface area contributed by atoms with Gasteiger partial charge in [-0.1, -0.05) is 22.4 Å². The summed E-state index contributed by atoms with van der Waals surface area (Å²) in [6, 6.07) is 7.22. The van der Waals surface area contributed by atoms with Crippen molar-refractivity contribution >= 4 is 25.8 Å².